The fourth-order valence-electron chi connectivity index (χ4n) is 4.56. The van der Waals surface area contributed by atoms with Gasteiger partial charge in [-0.2, -0.15) is 0 Å². The predicted molar refractivity (Wildman–Crippen MR) is 125 cm³/mol. The quantitative estimate of drug-likeness (QED) is 0.469. The summed E-state index contributed by atoms with van der Waals surface area (Å²) in [4.78, 5) is 32.1. The number of piperidine rings is 1. The first-order valence-corrected chi connectivity index (χ1v) is 11.2. The average molecular weight is 469 g/mol. The molecule has 0 aliphatic carbocycles. The summed E-state index contributed by atoms with van der Waals surface area (Å²) in [7, 11) is 1.94. The molecule has 0 spiro atoms. The number of amides is 1. The number of rotatable bonds is 4. The van der Waals surface area contributed by atoms with Gasteiger partial charge in [0.05, 0.1) is 29.0 Å². The molecular formula is C22H25ClN8O2. The second-order valence-corrected chi connectivity index (χ2v) is 9.20. The number of carbonyl (C=O) groups excluding carboxylic acids is 1. The highest BCUT2D eigenvalue weighted by Gasteiger charge is 2.41. The van der Waals surface area contributed by atoms with Crippen LogP contribution in [-0.2, 0) is 18.3 Å². The zero-order valence-corrected chi connectivity index (χ0v) is 19.2. The third kappa shape index (κ3) is 3.79. The van der Waals surface area contributed by atoms with Crippen LogP contribution in [0.3, 0.4) is 0 Å². The summed E-state index contributed by atoms with van der Waals surface area (Å²) < 4.78 is 3.78. The topological polar surface area (TPSA) is 128 Å². The van der Waals surface area contributed by atoms with Gasteiger partial charge in [-0.15, -0.1) is 0 Å². The summed E-state index contributed by atoms with van der Waals surface area (Å²) in [5.74, 6) is 1.12. The Bertz CT molecular complexity index is 1360. The lowest BCUT2D eigenvalue weighted by Crippen LogP contribution is -2.52. The van der Waals surface area contributed by atoms with Crippen LogP contribution in [-0.4, -0.2) is 63.7 Å². The van der Waals surface area contributed by atoms with Crippen molar-refractivity contribution >= 4 is 45.5 Å². The molecule has 1 aliphatic heterocycles. The zero-order chi connectivity index (χ0) is 23.3. The predicted octanol–water partition coefficient (Wildman–Crippen LogP) is 2.11. The van der Waals surface area contributed by atoms with Crippen LogP contribution >= 0.6 is 11.6 Å². The normalized spacial score (nSPS) is 21.2. The maximum atomic E-state index is 13.1. The second kappa shape index (κ2) is 7.96. The number of hydrogen-bond donors (Lipinski definition) is 2. The summed E-state index contributed by atoms with van der Waals surface area (Å²) in [6, 6.07) is 5.18. The maximum Gasteiger partial charge on any atom is 0.223 e. The van der Waals surface area contributed by atoms with Crippen molar-refractivity contribution in [3.8, 4) is 0 Å². The van der Waals surface area contributed by atoms with Crippen molar-refractivity contribution in [1.29, 1.82) is 0 Å². The number of nitrogen functional groups attached to an aromatic ring is 1. The van der Waals surface area contributed by atoms with E-state index in [0.717, 1.165) is 16.9 Å². The molecule has 0 radical (unpaired) electrons. The molecule has 0 bridgehead atoms. The maximum absolute atomic E-state index is 13.1. The minimum Gasteiger partial charge on any atom is -0.388 e. The molecule has 4 heterocycles. The summed E-state index contributed by atoms with van der Waals surface area (Å²) in [6.07, 6.45) is 4.25. The number of hydrogen-bond acceptors (Lipinski definition) is 7. The molecule has 11 heteroatoms. The van der Waals surface area contributed by atoms with E-state index in [1.807, 2.05) is 29.8 Å². The molecule has 10 nitrogen and oxygen atoms in total. The third-order valence-corrected chi connectivity index (χ3v) is 6.81. The van der Waals surface area contributed by atoms with Crippen molar-refractivity contribution < 1.29 is 9.90 Å². The summed E-state index contributed by atoms with van der Waals surface area (Å²) in [5, 5.41) is 11.7. The summed E-state index contributed by atoms with van der Waals surface area (Å²) in [5.41, 5.74) is 7.71. The Balaban J connectivity index is 1.34. The van der Waals surface area contributed by atoms with Gasteiger partial charge in [0.25, 0.3) is 0 Å². The van der Waals surface area contributed by atoms with Gasteiger partial charge < -0.3 is 24.9 Å². The van der Waals surface area contributed by atoms with Crippen LogP contribution in [0.4, 0.5) is 5.82 Å². The number of aliphatic hydroxyl groups is 1. The third-order valence-electron chi connectivity index (χ3n) is 6.57. The highest BCUT2D eigenvalue weighted by atomic mass is 35.5. The molecule has 3 N–H and O–H groups in total. The number of anilines is 1. The van der Waals surface area contributed by atoms with Crippen LogP contribution in [0, 0.1) is 0 Å². The molecule has 3 aromatic heterocycles. The lowest BCUT2D eigenvalue weighted by Gasteiger charge is -2.43. The fourth-order valence-corrected chi connectivity index (χ4v) is 4.73. The molecule has 33 heavy (non-hydrogen) atoms. The number of nitrogens with two attached hydrogens (primary N) is 1. The molecule has 4 aromatic rings. The van der Waals surface area contributed by atoms with E-state index in [2.05, 4.69) is 19.9 Å². The molecule has 172 valence electrons. The Morgan fingerprint density at radius 1 is 1.33 bits per heavy atom. The minimum absolute atomic E-state index is 0.0131. The number of aromatic nitrogens is 6. The van der Waals surface area contributed by atoms with Gasteiger partial charge in [-0.05, 0) is 31.5 Å². The van der Waals surface area contributed by atoms with Crippen molar-refractivity contribution in [3.63, 3.8) is 0 Å². The highest BCUT2D eigenvalue weighted by Crippen LogP contribution is 2.34. The Morgan fingerprint density at radius 3 is 2.97 bits per heavy atom. The van der Waals surface area contributed by atoms with Crippen molar-refractivity contribution in [3.05, 3.63) is 41.7 Å². The lowest BCUT2D eigenvalue weighted by molar-refractivity contribution is -0.137. The van der Waals surface area contributed by atoms with Gasteiger partial charge in [0.1, 0.15) is 17.7 Å². The Labute approximate surface area is 195 Å². The number of carbonyl (C=O) groups is 1. The van der Waals surface area contributed by atoms with E-state index < -0.39 is 11.6 Å². The van der Waals surface area contributed by atoms with Gasteiger partial charge in [-0.25, -0.2) is 19.9 Å². The zero-order valence-electron chi connectivity index (χ0n) is 18.4. The van der Waals surface area contributed by atoms with Crippen LogP contribution < -0.4 is 5.73 Å². The van der Waals surface area contributed by atoms with Gasteiger partial charge >= 0.3 is 0 Å². The first kappa shape index (κ1) is 21.6. The molecule has 5 rings (SSSR count). The molecule has 0 saturated carbocycles. The van der Waals surface area contributed by atoms with E-state index in [4.69, 9.17) is 17.3 Å². The van der Waals surface area contributed by atoms with Crippen LogP contribution in [0.1, 0.15) is 31.6 Å². The highest BCUT2D eigenvalue weighted by molar-refractivity contribution is 6.31. The van der Waals surface area contributed by atoms with Crippen LogP contribution in [0.25, 0.3) is 22.2 Å². The van der Waals surface area contributed by atoms with E-state index in [9.17, 15) is 9.90 Å². The van der Waals surface area contributed by atoms with Crippen molar-refractivity contribution in [2.24, 2.45) is 7.05 Å². The van der Waals surface area contributed by atoms with Gasteiger partial charge in [-0.3, -0.25) is 4.79 Å². The van der Waals surface area contributed by atoms with Crippen LogP contribution in [0.15, 0.2) is 30.9 Å². The Hall–Kier alpha value is -3.24. The molecule has 1 saturated heterocycles. The number of fused-ring (bicyclic) bond motifs is 2. The van der Waals surface area contributed by atoms with E-state index >= 15 is 0 Å². The van der Waals surface area contributed by atoms with E-state index in [1.165, 1.54) is 6.33 Å². The molecule has 2 atom stereocenters. The van der Waals surface area contributed by atoms with Gasteiger partial charge in [0.2, 0.25) is 5.91 Å². The molecular weight excluding hydrogens is 444 g/mol. The number of nitrogens with zero attached hydrogens (tertiary/aromatic N) is 7. The molecule has 1 amide bonds. The van der Waals surface area contributed by atoms with Gasteiger partial charge in [-0.1, -0.05) is 11.6 Å². The SMILES string of the molecule is Cn1c(CCC(=O)N2CC[C@@](C)(O)[C@H](n3cnc4c(N)ncnc43)C2)nc2cc(Cl)ccc21. The Kier molecular flexibility index (Phi) is 5.21. The van der Waals surface area contributed by atoms with E-state index in [0.29, 0.717) is 48.5 Å². The van der Waals surface area contributed by atoms with Crippen LogP contribution in [0.5, 0.6) is 0 Å². The fraction of sp³-hybridized carbons (Fsp3) is 0.409. The van der Waals surface area contributed by atoms with Gasteiger partial charge in [0.15, 0.2) is 11.5 Å². The second-order valence-electron chi connectivity index (χ2n) is 8.77. The van der Waals surface area contributed by atoms with Crippen molar-refractivity contribution in [1.82, 2.24) is 34.0 Å². The lowest BCUT2D eigenvalue weighted by atomic mass is 9.88. The molecule has 1 fully saturated rings. The number of aryl methyl sites for hydroxylation is 2. The first-order chi connectivity index (χ1) is 15.7. The molecule has 1 aliphatic rings. The Morgan fingerprint density at radius 2 is 2.15 bits per heavy atom. The molecule has 1 aromatic carbocycles. The number of benzene rings is 1. The summed E-state index contributed by atoms with van der Waals surface area (Å²) >= 11 is 6.08. The monoisotopic (exact) mass is 468 g/mol. The number of halogens is 1. The van der Waals surface area contributed by atoms with Crippen molar-refractivity contribution in [2.75, 3.05) is 18.8 Å². The van der Waals surface area contributed by atoms with E-state index in [1.54, 1.807) is 22.7 Å². The summed E-state index contributed by atoms with van der Waals surface area (Å²) in [6.45, 7) is 2.60. The number of imidazole rings is 2. The number of likely N-dealkylation sites (tertiary alicyclic amines) is 1. The smallest absolute Gasteiger partial charge is 0.223 e. The average Bonchev–Trinajstić information content (AvgIpc) is 3.33. The van der Waals surface area contributed by atoms with E-state index in [-0.39, 0.29) is 11.7 Å². The first-order valence-electron chi connectivity index (χ1n) is 10.8. The minimum atomic E-state index is -1.03. The van der Waals surface area contributed by atoms with Crippen LogP contribution in [0.2, 0.25) is 5.02 Å². The van der Waals surface area contributed by atoms with Crippen molar-refractivity contribution in [2.45, 2.75) is 37.8 Å². The standard InChI is InChI=1S/C22H25ClN8O2/c1-22(33)7-8-30(10-16(22)31-12-27-19-20(24)25-11-26-21(19)31)18(32)6-5-17-28-14-9-13(23)3-4-15(14)29(17)2/h3-4,9,11-12,16,33H,5-8,10H2,1-2H3,(H2,24,25,26)/t16-,22-/m1/s1. The molecule has 0 unspecified atom stereocenters. The largest absolute Gasteiger partial charge is 0.388 e. The van der Waals surface area contributed by atoms with Gasteiger partial charge in [0, 0.05) is 38.0 Å².